The minimum absolute atomic E-state index is 0.233. The first-order valence-corrected chi connectivity index (χ1v) is 7.14. The van der Waals surface area contributed by atoms with Gasteiger partial charge in [-0.05, 0) is 31.5 Å². The Bertz CT molecular complexity index is 526. The van der Waals surface area contributed by atoms with Crippen LogP contribution in [0.2, 0.25) is 0 Å². The van der Waals surface area contributed by atoms with Gasteiger partial charge in [0.25, 0.3) is 5.91 Å². The molecule has 1 saturated heterocycles. The summed E-state index contributed by atoms with van der Waals surface area (Å²) in [6, 6.07) is 7.00. The second-order valence-corrected chi connectivity index (χ2v) is 5.97. The zero-order chi connectivity index (χ0) is 16.5. The number of carbonyl (C=O) groups excluding carboxylic acids is 1. The van der Waals surface area contributed by atoms with Crippen molar-refractivity contribution in [1.82, 2.24) is 4.90 Å². The molecule has 0 unspecified atom stereocenters. The van der Waals surface area contributed by atoms with Gasteiger partial charge in [-0.1, -0.05) is 12.1 Å². The van der Waals surface area contributed by atoms with Gasteiger partial charge < -0.3 is 24.2 Å². The summed E-state index contributed by atoms with van der Waals surface area (Å²) in [5.74, 6) is -0.460. The molecule has 6 heteroatoms. The number of carbonyl (C=O) groups is 1. The summed E-state index contributed by atoms with van der Waals surface area (Å²) in [5.41, 5.74) is 0.642. The van der Waals surface area contributed by atoms with Gasteiger partial charge in [-0.3, -0.25) is 4.79 Å². The molecule has 1 N–H and O–H groups in total. The van der Waals surface area contributed by atoms with Crippen LogP contribution >= 0.6 is 0 Å². The van der Waals surface area contributed by atoms with Crippen molar-refractivity contribution in [2.24, 2.45) is 0 Å². The van der Waals surface area contributed by atoms with E-state index in [2.05, 4.69) is 0 Å². The quantitative estimate of drug-likeness (QED) is 0.909. The molecule has 0 aromatic heterocycles. The monoisotopic (exact) mass is 309 g/mol. The predicted molar refractivity (Wildman–Crippen MR) is 80.5 cm³/mol. The normalized spacial score (nSPS) is 24.8. The van der Waals surface area contributed by atoms with Gasteiger partial charge >= 0.3 is 0 Å². The lowest BCUT2D eigenvalue weighted by Crippen LogP contribution is -2.42. The van der Waals surface area contributed by atoms with Crippen LogP contribution in [-0.2, 0) is 14.3 Å². The Morgan fingerprint density at radius 3 is 2.36 bits per heavy atom. The van der Waals surface area contributed by atoms with Crippen LogP contribution in [0.5, 0.6) is 5.75 Å². The highest BCUT2D eigenvalue weighted by Crippen LogP contribution is 2.36. The van der Waals surface area contributed by atoms with Crippen molar-refractivity contribution >= 4 is 5.91 Å². The third kappa shape index (κ3) is 3.40. The molecule has 1 aromatic carbocycles. The maximum Gasteiger partial charge on any atom is 0.254 e. The highest BCUT2D eigenvalue weighted by Gasteiger charge is 2.49. The third-order valence-corrected chi connectivity index (χ3v) is 3.58. The van der Waals surface area contributed by atoms with E-state index in [0.717, 1.165) is 0 Å². The van der Waals surface area contributed by atoms with Crippen molar-refractivity contribution < 1.29 is 24.1 Å². The molecule has 1 amide bonds. The van der Waals surface area contributed by atoms with E-state index in [1.807, 2.05) is 0 Å². The van der Waals surface area contributed by atoms with Crippen molar-refractivity contribution in [3.05, 3.63) is 29.8 Å². The van der Waals surface area contributed by atoms with E-state index >= 15 is 0 Å². The number of nitrogens with zero attached hydrogens (tertiary/aromatic N) is 1. The van der Waals surface area contributed by atoms with Crippen LogP contribution in [0, 0.1) is 0 Å². The van der Waals surface area contributed by atoms with E-state index in [4.69, 9.17) is 14.2 Å². The molecule has 0 radical (unpaired) electrons. The molecule has 22 heavy (non-hydrogen) atoms. The van der Waals surface area contributed by atoms with Gasteiger partial charge in [0.2, 0.25) is 0 Å². The summed E-state index contributed by atoms with van der Waals surface area (Å²) in [4.78, 5) is 13.7. The predicted octanol–water partition coefficient (Wildman–Crippen LogP) is 1.34. The fourth-order valence-corrected chi connectivity index (χ4v) is 2.46. The third-order valence-electron chi connectivity index (χ3n) is 3.58. The van der Waals surface area contributed by atoms with Gasteiger partial charge in [-0.25, -0.2) is 0 Å². The molecular formula is C16H23NO5. The fraction of sp³-hybridized carbons (Fsp3) is 0.562. The van der Waals surface area contributed by atoms with Crippen LogP contribution in [-0.4, -0.2) is 55.1 Å². The minimum Gasteiger partial charge on any atom is -0.497 e. The number of methoxy groups -OCH3 is 1. The van der Waals surface area contributed by atoms with Gasteiger partial charge in [0.05, 0.1) is 7.11 Å². The lowest BCUT2D eigenvalue weighted by molar-refractivity contribution is -0.163. The molecule has 1 fully saturated rings. The van der Waals surface area contributed by atoms with Crippen LogP contribution in [0.4, 0.5) is 0 Å². The summed E-state index contributed by atoms with van der Waals surface area (Å²) in [6.45, 7) is 3.45. The second kappa shape index (κ2) is 6.24. The van der Waals surface area contributed by atoms with E-state index in [0.29, 0.717) is 11.3 Å². The van der Waals surface area contributed by atoms with E-state index < -0.39 is 24.1 Å². The first-order chi connectivity index (χ1) is 10.2. The fourth-order valence-electron chi connectivity index (χ4n) is 2.46. The molecule has 1 aliphatic rings. The summed E-state index contributed by atoms with van der Waals surface area (Å²) >= 11 is 0. The zero-order valence-electron chi connectivity index (χ0n) is 13.6. The van der Waals surface area contributed by atoms with Gasteiger partial charge in [0.1, 0.15) is 18.0 Å². The Labute approximate surface area is 130 Å². The molecule has 1 heterocycles. The number of ether oxygens (including phenoxy) is 3. The average Bonchev–Trinajstić information content (AvgIpc) is 2.81. The van der Waals surface area contributed by atoms with Gasteiger partial charge in [-0.2, -0.15) is 0 Å². The van der Waals surface area contributed by atoms with Crippen molar-refractivity contribution in [3.8, 4) is 5.75 Å². The SMILES string of the molecule is COc1ccc([C@@H](O)[C@@H]2OC(C)(C)O[C@H]2C(=O)N(C)C)cc1. The molecule has 1 aliphatic heterocycles. The maximum atomic E-state index is 12.3. The number of rotatable bonds is 4. The van der Waals surface area contributed by atoms with Crippen LogP contribution < -0.4 is 4.74 Å². The highest BCUT2D eigenvalue weighted by atomic mass is 16.8. The number of hydrogen-bond acceptors (Lipinski definition) is 5. The highest BCUT2D eigenvalue weighted by molar-refractivity contribution is 5.81. The van der Waals surface area contributed by atoms with E-state index in [1.165, 1.54) is 4.90 Å². The second-order valence-electron chi connectivity index (χ2n) is 5.97. The molecule has 1 aromatic rings. The maximum absolute atomic E-state index is 12.3. The molecule has 0 bridgehead atoms. The number of likely N-dealkylation sites (N-methyl/N-ethyl adjacent to an activating group) is 1. The van der Waals surface area contributed by atoms with Crippen molar-refractivity contribution in [1.29, 1.82) is 0 Å². The Morgan fingerprint density at radius 2 is 1.86 bits per heavy atom. The van der Waals surface area contributed by atoms with Crippen LogP contribution in [0.15, 0.2) is 24.3 Å². The number of aliphatic hydroxyl groups is 1. The first-order valence-electron chi connectivity index (χ1n) is 7.14. The summed E-state index contributed by atoms with van der Waals surface area (Å²) in [5, 5.41) is 10.6. The Morgan fingerprint density at radius 1 is 1.27 bits per heavy atom. The largest absolute Gasteiger partial charge is 0.497 e. The lowest BCUT2D eigenvalue weighted by atomic mass is 9.99. The Kier molecular flexibility index (Phi) is 4.75. The minimum atomic E-state index is -0.971. The first kappa shape index (κ1) is 16.7. The van der Waals surface area contributed by atoms with Crippen molar-refractivity contribution in [2.75, 3.05) is 21.2 Å². The van der Waals surface area contributed by atoms with Crippen LogP contribution in [0.3, 0.4) is 0 Å². The Balaban J connectivity index is 2.24. The molecule has 0 aliphatic carbocycles. The van der Waals surface area contributed by atoms with Gasteiger partial charge in [0.15, 0.2) is 11.9 Å². The van der Waals surface area contributed by atoms with Crippen LogP contribution in [0.1, 0.15) is 25.5 Å². The summed E-state index contributed by atoms with van der Waals surface area (Å²) in [7, 11) is 4.87. The van der Waals surface area contributed by atoms with Crippen LogP contribution in [0.25, 0.3) is 0 Å². The topological polar surface area (TPSA) is 68.2 Å². The number of amides is 1. The molecule has 6 nitrogen and oxygen atoms in total. The molecule has 0 spiro atoms. The van der Waals surface area contributed by atoms with Crippen molar-refractivity contribution in [3.63, 3.8) is 0 Å². The number of aliphatic hydroxyl groups excluding tert-OH is 1. The summed E-state index contributed by atoms with van der Waals surface area (Å²) in [6.07, 6.45) is -2.58. The molecular weight excluding hydrogens is 286 g/mol. The molecule has 3 atom stereocenters. The smallest absolute Gasteiger partial charge is 0.254 e. The van der Waals surface area contributed by atoms with E-state index in [-0.39, 0.29) is 5.91 Å². The summed E-state index contributed by atoms with van der Waals surface area (Å²) < 4.78 is 16.5. The van der Waals surface area contributed by atoms with E-state index in [1.54, 1.807) is 59.3 Å². The zero-order valence-corrected chi connectivity index (χ0v) is 13.6. The lowest BCUT2D eigenvalue weighted by Gasteiger charge is -2.24. The molecule has 122 valence electrons. The van der Waals surface area contributed by atoms with Gasteiger partial charge in [0, 0.05) is 14.1 Å². The van der Waals surface area contributed by atoms with Gasteiger partial charge in [-0.15, -0.1) is 0 Å². The van der Waals surface area contributed by atoms with E-state index in [9.17, 15) is 9.90 Å². The number of hydrogen-bond donors (Lipinski definition) is 1. The van der Waals surface area contributed by atoms with Crippen molar-refractivity contribution in [2.45, 2.75) is 37.9 Å². The molecule has 2 rings (SSSR count). The molecule has 0 saturated carbocycles. The average molecular weight is 309 g/mol. The standard InChI is InChI=1S/C16H23NO5/c1-16(2)21-13(14(22-16)15(19)17(3)4)12(18)10-6-8-11(20-5)9-7-10/h6-9,12-14,18H,1-5H3/t12-,13+,14-/m1/s1. The number of benzene rings is 1. The Hall–Kier alpha value is -1.63.